The number of pyridine rings is 1. The van der Waals surface area contributed by atoms with Gasteiger partial charge in [-0.2, -0.15) is 9.65 Å². The zero-order valence-corrected chi connectivity index (χ0v) is 20.8. The van der Waals surface area contributed by atoms with Crippen LogP contribution in [0.15, 0.2) is 47.5 Å². The molecule has 8 nitrogen and oxygen atoms in total. The van der Waals surface area contributed by atoms with E-state index in [0.29, 0.717) is 29.0 Å². The van der Waals surface area contributed by atoms with Crippen molar-refractivity contribution in [2.45, 2.75) is 49.8 Å². The second-order valence-corrected chi connectivity index (χ2v) is 10.9. The summed E-state index contributed by atoms with van der Waals surface area (Å²) in [7, 11) is -1.68. The van der Waals surface area contributed by atoms with Crippen molar-refractivity contribution < 1.29 is 18.1 Å². The Hall–Kier alpha value is -3.33. The number of fused-ring (bicyclic) bond motifs is 1. The first-order chi connectivity index (χ1) is 17.1. The molecule has 2 aromatic heterocycles. The third-order valence-corrected chi connectivity index (χ3v) is 8.20. The van der Waals surface area contributed by atoms with E-state index in [1.165, 1.54) is 18.2 Å². The van der Waals surface area contributed by atoms with Gasteiger partial charge in [0.05, 0.1) is 10.6 Å². The van der Waals surface area contributed by atoms with Crippen LogP contribution in [0.4, 0.5) is 14.5 Å². The molecule has 2 unspecified atom stereocenters. The van der Waals surface area contributed by atoms with E-state index in [-0.39, 0.29) is 29.2 Å². The number of aryl methyl sites for hydroxylation is 2. The van der Waals surface area contributed by atoms with Crippen molar-refractivity contribution in [3.63, 3.8) is 0 Å². The van der Waals surface area contributed by atoms with Gasteiger partial charge in [-0.3, -0.25) is 0 Å². The molecule has 0 aliphatic carbocycles. The summed E-state index contributed by atoms with van der Waals surface area (Å²) in [6, 6.07) is 10.3. The van der Waals surface area contributed by atoms with Gasteiger partial charge in [0.2, 0.25) is 5.95 Å². The minimum absolute atomic E-state index is 0.0923. The second-order valence-electron chi connectivity index (χ2n) is 9.15. The fraction of sp³-hybridized carbons (Fsp3) is 0.360. The van der Waals surface area contributed by atoms with Crippen molar-refractivity contribution in [1.29, 1.82) is 10.0 Å². The van der Waals surface area contributed by atoms with Crippen LogP contribution in [-0.4, -0.2) is 24.9 Å². The predicted molar refractivity (Wildman–Crippen MR) is 131 cm³/mol. The summed E-state index contributed by atoms with van der Waals surface area (Å²) in [6.07, 6.45) is 2.86. The fourth-order valence-corrected chi connectivity index (χ4v) is 6.43. The van der Waals surface area contributed by atoms with Gasteiger partial charge >= 0.3 is 0 Å². The molecule has 0 saturated carbocycles. The molecule has 0 bridgehead atoms. The Morgan fingerprint density at radius 2 is 2.08 bits per heavy atom. The maximum Gasteiger partial charge on any atom is 0.216 e. The van der Waals surface area contributed by atoms with Gasteiger partial charge in [-0.15, -0.1) is 0 Å². The smallest absolute Gasteiger partial charge is 0.216 e. The maximum atomic E-state index is 13.7. The number of nitriles is 1. The lowest BCUT2D eigenvalue weighted by Gasteiger charge is -2.24. The molecular formula is C25H28F2N6O2S. The Morgan fingerprint density at radius 1 is 1.36 bits per heavy atom. The number of halogens is 2. The van der Waals surface area contributed by atoms with E-state index >= 15 is 0 Å². The third kappa shape index (κ3) is 5.56. The molecule has 0 radical (unpaired) electrons. The van der Waals surface area contributed by atoms with Crippen LogP contribution in [0.1, 0.15) is 48.5 Å². The topological polar surface area (TPSA) is 127 Å². The maximum absolute atomic E-state index is 13.7. The van der Waals surface area contributed by atoms with E-state index in [1.54, 1.807) is 36.0 Å². The summed E-state index contributed by atoms with van der Waals surface area (Å²) in [5.74, 6) is -1.05. The minimum Gasteiger partial charge on any atom is -0.368 e. The first-order valence-electron chi connectivity index (χ1n) is 11.6. The van der Waals surface area contributed by atoms with Crippen LogP contribution >= 0.6 is 0 Å². The largest absolute Gasteiger partial charge is 0.368 e. The molecule has 1 aliphatic heterocycles. The lowest BCUT2D eigenvalue weighted by Crippen LogP contribution is -2.37. The van der Waals surface area contributed by atoms with Crippen LogP contribution in [0.2, 0.25) is 0 Å². The van der Waals surface area contributed by atoms with Gasteiger partial charge in [0.15, 0.2) is 6.23 Å². The highest BCUT2D eigenvalue weighted by atomic mass is 32.2. The number of hydrogen-bond donors (Lipinski definition) is 4. The van der Waals surface area contributed by atoms with Crippen molar-refractivity contribution >= 4 is 15.6 Å². The van der Waals surface area contributed by atoms with Crippen molar-refractivity contribution in [2.75, 3.05) is 5.32 Å². The standard InChI is InChI=1S/C25H28F2N6O2S/c1-15(3-4-16-5-7-17(26)8-6-16)21-10-9-20-22(36(29,35)32-21)14-33(2)24(20)25(34)31-18-11-19(13-28)30-23(27)12-18/h5-8,11-12,14-15,21,25,34H,3-4,9-10H2,1-2H3,(H,30,31)(H2,29,32,35)/t15-,21+,25?,36?/m0/s1. The summed E-state index contributed by atoms with van der Waals surface area (Å²) in [5, 5.41) is 22.8. The summed E-state index contributed by atoms with van der Waals surface area (Å²) >= 11 is 0. The number of rotatable bonds is 7. The van der Waals surface area contributed by atoms with Gasteiger partial charge in [-0.1, -0.05) is 19.1 Å². The molecule has 0 fully saturated rings. The number of aromatic nitrogens is 2. The number of nitrogens with zero attached hydrogens (tertiary/aromatic N) is 3. The molecule has 4 rings (SSSR count). The number of aliphatic hydroxyl groups excluding tert-OH is 1. The molecule has 4 N–H and O–H groups in total. The molecule has 0 saturated heterocycles. The van der Waals surface area contributed by atoms with Crippen LogP contribution < -0.4 is 10.0 Å². The van der Waals surface area contributed by atoms with Crippen molar-refractivity contribution in [3.05, 3.63) is 76.9 Å². The second kappa shape index (κ2) is 10.3. The monoisotopic (exact) mass is 514 g/mol. The van der Waals surface area contributed by atoms with Gasteiger partial charge in [0.25, 0.3) is 0 Å². The Bertz CT molecular complexity index is 1400. The SMILES string of the molecule is C[C@@H](CCc1ccc(F)cc1)[C@H]1CCc2c(cn(C)c2C(O)Nc2cc(F)nc(C#N)c2)S(=N)(=O)N1. The highest BCUT2D eigenvalue weighted by Crippen LogP contribution is 2.33. The molecule has 3 aromatic rings. The number of anilines is 1. The average molecular weight is 515 g/mol. The van der Waals surface area contributed by atoms with Crippen molar-refractivity contribution in [3.8, 4) is 6.07 Å². The third-order valence-electron chi connectivity index (χ3n) is 6.59. The normalized spacial score (nSPS) is 21.2. The summed E-state index contributed by atoms with van der Waals surface area (Å²) in [5.41, 5.74) is 2.07. The predicted octanol–water partition coefficient (Wildman–Crippen LogP) is 4.17. The highest BCUT2D eigenvalue weighted by molar-refractivity contribution is 7.90. The van der Waals surface area contributed by atoms with Gasteiger partial charge in [-0.05, 0) is 60.9 Å². The highest BCUT2D eigenvalue weighted by Gasteiger charge is 2.32. The van der Waals surface area contributed by atoms with E-state index in [1.807, 2.05) is 6.92 Å². The molecule has 0 spiro atoms. The first kappa shape index (κ1) is 25.8. The fourth-order valence-electron chi connectivity index (χ4n) is 4.67. The van der Waals surface area contributed by atoms with Gasteiger partial charge in [0, 0.05) is 31.0 Å². The molecule has 4 atom stereocenters. The molecule has 0 amide bonds. The number of aliphatic hydroxyl groups is 1. The van der Waals surface area contributed by atoms with Crippen LogP contribution in [0.3, 0.4) is 0 Å². The van der Waals surface area contributed by atoms with E-state index in [9.17, 15) is 18.1 Å². The summed E-state index contributed by atoms with van der Waals surface area (Å²) < 4.78 is 53.6. The molecule has 3 heterocycles. The Morgan fingerprint density at radius 3 is 2.78 bits per heavy atom. The quantitative estimate of drug-likeness (QED) is 0.278. The van der Waals surface area contributed by atoms with Crippen LogP contribution in [-0.2, 0) is 29.8 Å². The summed E-state index contributed by atoms with van der Waals surface area (Å²) in [4.78, 5) is 3.77. The lowest BCUT2D eigenvalue weighted by molar-refractivity contribution is 0.198. The van der Waals surface area contributed by atoms with E-state index in [0.717, 1.165) is 24.5 Å². The molecular weight excluding hydrogens is 486 g/mol. The van der Waals surface area contributed by atoms with E-state index in [2.05, 4.69) is 15.0 Å². The van der Waals surface area contributed by atoms with E-state index in [4.69, 9.17) is 10.0 Å². The minimum atomic E-state index is -3.36. The van der Waals surface area contributed by atoms with Crippen LogP contribution in [0, 0.1) is 33.8 Å². The summed E-state index contributed by atoms with van der Waals surface area (Å²) in [6.45, 7) is 2.04. The number of hydrogen-bond acceptors (Lipinski definition) is 6. The zero-order chi connectivity index (χ0) is 26.0. The van der Waals surface area contributed by atoms with Crippen molar-refractivity contribution in [1.82, 2.24) is 14.3 Å². The Kier molecular flexibility index (Phi) is 7.40. The van der Waals surface area contributed by atoms with Gasteiger partial charge in [-0.25, -0.2) is 23.1 Å². The number of benzene rings is 1. The Labute approximate surface area is 209 Å². The average Bonchev–Trinajstić information content (AvgIpc) is 3.11. The lowest BCUT2D eigenvalue weighted by atomic mass is 9.91. The molecule has 190 valence electrons. The van der Waals surface area contributed by atoms with E-state index < -0.39 is 22.1 Å². The first-order valence-corrected chi connectivity index (χ1v) is 13.1. The molecule has 11 heteroatoms. The Balaban J connectivity index is 1.53. The van der Waals surface area contributed by atoms with Crippen molar-refractivity contribution in [2.24, 2.45) is 13.0 Å². The molecule has 1 aromatic carbocycles. The van der Waals surface area contributed by atoms with Crippen LogP contribution in [0.5, 0.6) is 0 Å². The molecule has 1 aliphatic rings. The van der Waals surface area contributed by atoms with Gasteiger partial charge in [0.1, 0.15) is 27.5 Å². The molecule has 36 heavy (non-hydrogen) atoms. The number of nitrogens with one attached hydrogen (secondary N) is 3. The van der Waals surface area contributed by atoms with Crippen LogP contribution in [0.25, 0.3) is 0 Å². The zero-order valence-electron chi connectivity index (χ0n) is 20.0. The van der Waals surface area contributed by atoms with Gasteiger partial charge < -0.3 is 15.0 Å².